The maximum Gasteiger partial charge on any atom is 0.206 e. The van der Waals surface area contributed by atoms with E-state index >= 15 is 0 Å². The maximum atomic E-state index is 5.49. The lowest BCUT2D eigenvalue weighted by Crippen LogP contribution is -2.11. The van der Waals surface area contributed by atoms with Crippen LogP contribution in [0.5, 0.6) is 17.2 Å². The first-order chi connectivity index (χ1) is 12.7. The van der Waals surface area contributed by atoms with Gasteiger partial charge in [0.2, 0.25) is 4.80 Å². The zero-order valence-electron chi connectivity index (χ0n) is 14.9. The second-order valence-corrected chi connectivity index (χ2v) is 5.95. The molecule has 2 aromatic heterocycles. The van der Waals surface area contributed by atoms with Crippen molar-refractivity contribution in [2.75, 3.05) is 28.4 Å². The quantitative estimate of drug-likeness (QED) is 0.622. The predicted molar refractivity (Wildman–Crippen MR) is 101 cm³/mol. The number of benzene rings is 1. The Morgan fingerprint density at radius 2 is 1.81 bits per heavy atom. The van der Waals surface area contributed by atoms with Crippen LogP contribution in [0.15, 0.2) is 50.4 Å². The molecule has 7 nitrogen and oxygen atoms in total. The summed E-state index contributed by atoms with van der Waals surface area (Å²) in [6.45, 7) is 0. The Morgan fingerprint density at radius 3 is 2.42 bits per heavy atom. The minimum absolute atomic E-state index is 0.588. The van der Waals surface area contributed by atoms with Crippen LogP contribution in [-0.2, 0) is 0 Å². The number of thiazole rings is 1. The molecule has 0 bridgehead atoms. The Balaban J connectivity index is 2.07. The SMILES string of the molecule is CN=c1scc(-c2ccco2)n1N=Cc1cc(OC)c(OC)cc1OC. The lowest BCUT2D eigenvalue weighted by molar-refractivity contribution is 0.349. The zero-order valence-corrected chi connectivity index (χ0v) is 15.7. The van der Waals surface area contributed by atoms with E-state index in [1.54, 1.807) is 51.6 Å². The number of aromatic nitrogens is 1. The third-order valence-corrected chi connectivity index (χ3v) is 4.61. The van der Waals surface area contributed by atoms with Crippen molar-refractivity contribution in [2.24, 2.45) is 10.1 Å². The van der Waals surface area contributed by atoms with Gasteiger partial charge in [0.1, 0.15) is 11.4 Å². The first-order valence-electron chi connectivity index (χ1n) is 7.73. The topological polar surface area (TPSA) is 70.5 Å². The van der Waals surface area contributed by atoms with Gasteiger partial charge in [0.25, 0.3) is 0 Å². The summed E-state index contributed by atoms with van der Waals surface area (Å²) in [5.74, 6) is 2.52. The highest BCUT2D eigenvalue weighted by Crippen LogP contribution is 2.33. The van der Waals surface area contributed by atoms with Crippen molar-refractivity contribution in [1.29, 1.82) is 0 Å². The van der Waals surface area contributed by atoms with E-state index in [9.17, 15) is 0 Å². The molecule has 8 heteroatoms. The molecule has 0 atom stereocenters. The van der Waals surface area contributed by atoms with E-state index in [1.807, 2.05) is 23.6 Å². The summed E-state index contributed by atoms with van der Waals surface area (Å²) in [6, 6.07) is 7.28. The molecular weight excluding hydrogens is 354 g/mol. The lowest BCUT2D eigenvalue weighted by atomic mass is 10.2. The van der Waals surface area contributed by atoms with Gasteiger partial charge in [-0.1, -0.05) is 0 Å². The van der Waals surface area contributed by atoms with Crippen molar-refractivity contribution in [3.05, 3.63) is 46.3 Å². The van der Waals surface area contributed by atoms with Crippen molar-refractivity contribution < 1.29 is 18.6 Å². The summed E-state index contributed by atoms with van der Waals surface area (Å²) in [7, 11) is 6.48. The van der Waals surface area contributed by atoms with Crippen molar-refractivity contribution in [2.45, 2.75) is 0 Å². The van der Waals surface area contributed by atoms with Crippen molar-refractivity contribution in [3.63, 3.8) is 0 Å². The first kappa shape index (κ1) is 17.8. The smallest absolute Gasteiger partial charge is 0.206 e. The van der Waals surface area contributed by atoms with Crippen LogP contribution in [0, 0.1) is 0 Å². The fraction of sp³-hybridized carbons (Fsp3) is 0.222. The van der Waals surface area contributed by atoms with Gasteiger partial charge < -0.3 is 18.6 Å². The van der Waals surface area contributed by atoms with Crippen LogP contribution in [-0.4, -0.2) is 39.3 Å². The Kier molecular flexibility index (Phi) is 5.43. The van der Waals surface area contributed by atoms with Crippen LogP contribution in [0.1, 0.15) is 5.56 Å². The molecule has 0 unspecified atom stereocenters. The third-order valence-electron chi connectivity index (χ3n) is 3.70. The molecule has 3 rings (SSSR count). The van der Waals surface area contributed by atoms with Crippen LogP contribution in [0.4, 0.5) is 0 Å². The van der Waals surface area contributed by atoms with E-state index in [-0.39, 0.29) is 0 Å². The van der Waals surface area contributed by atoms with Gasteiger partial charge in [-0.15, -0.1) is 11.3 Å². The van der Waals surface area contributed by atoms with Gasteiger partial charge >= 0.3 is 0 Å². The molecule has 0 amide bonds. The second-order valence-electron chi connectivity index (χ2n) is 5.11. The highest BCUT2D eigenvalue weighted by Gasteiger charge is 2.12. The van der Waals surface area contributed by atoms with E-state index in [0.717, 1.165) is 16.1 Å². The molecule has 1 aromatic carbocycles. The van der Waals surface area contributed by atoms with Crippen molar-refractivity contribution in [3.8, 4) is 28.7 Å². The molecule has 0 saturated heterocycles. The number of ether oxygens (including phenoxy) is 3. The highest BCUT2D eigenvalue weighted by atomic mass is 32.1. The first-order valence-corrected chi connectivity index (χ1v) is 8.61. The van der Waals surface area contributed by atoms with Crippen LogP contribution in [0.2, 0.25) is 0 Å². The number of nitrogens with zero attached hydrogens (tertiary/aromatic N) is 3. The van der Waals surface area contributed by atoms with Gasteiger partial charge in [0.15, 0.2) is 17.3 Å². The molecule has 0 aliphatic carbocycles. The molecule has 26 heavy (non-hydrogen) atoms. The highest BCUT2D eigenvalue weighted by molar-refractivity contribution is 7.07. The van der Waals surface area contributed by atoms with E-state index in [0.29, 0.717) is 23.0 Å². The molecular formula is C18H19N3O4S. The molecule has 0 radical (unpaired) electrons. The predicted octanol–water partition coefficient (Wildman–Crippen LogP) is 3.25. The molecule has 0 aliphatic heterocycles. The third kappa shape index (κ3) is 3.36. The summed E-state index contributed by atoms with van der Waals surface area (Å²) in [5.41, 5.74) is 1.56. The van der Waals surface area contributed by atoms with Gasteiger partial charge in [0, 0.05) is 24.1 Å². The lowest BCUT2D eigenvalue weighted by Gasteiger charge is -2.11. The normalized spacial score (nSPS) is 11.9. The Morgan fingerprint density at radius 1 is 1.08 bits per heavy atom. The molecule has 0 N–H and O–H groups in total. The average Bonchev–Trinajstić information content (AvgIpc) is 3.34. The summed E-state index contributed by atoms with van der Waals surface area (Å²) in [4.78, 5) is 5.01. The van der Waals surface area contributed by atoms with Gasteiger partial charge in [-0.2, -0.15) is 5.10 Å². The standard InChI is InChI=1S/C18H19N3O4S/c1-19-18-21(13(11-26-18)14-6-5-7-25-14)20-10-12-8-16(23-3)17(24-4)9-15(12)22-2/h5-11H,1-4H3. The van der Waals surface area contributed by atoms with Crippen LogP contribution in [0.25, 0.3) is 11.5 Å². The van der Waals surface area contributed by atoms with Crippen molar-refractivity contribution in [1.82, 2.24) is 4.68 Å². The Labute approximate surface area is 154 Å². The second kappa shape index (κ2) is 7.92. The van der Waals surface area contributed by atoms with Gasteiger partial charge in [0.05, 0.1) is 33.8 Å². The minimum Gasteiger partial charge on any atom is -0.496 e. The maximum absolute atomic E-state index is 5.49. The van der Waals surface area contributed by atoms with Gasteiger partial charge in [-0.25, -0.2) is 4.68 Å². The number of hydrogen-bond donors (Lipinski definition) is 0. The van der Waals surface area contributed by atoms with E-state index in [1.165, 1.54) is 11.3 Å². The molecule has 3 aromatic rings. The summed E-state index contributed by atoms with van der Waals surface area (Å²) < 4.78 is 23.3. The number of methoxy groups -OCH3 is 3. The number of furan rings is 1. The number of rotatable bonds is 6. The van der Waals surface area contributed by atoms with E-state index in [4.69, 9.17) is 18.6 Å². The van der Waals surface area contributed by atoms with Crippen LogP contribution >= 0.6 is 11.3 Å². The monoisotopic (exact) mass is 373 g/mol. The fourth-order valence-corrected chi connectivity index (χ4v) is 3.21. The van der Waals surface area contributed by atoms with E-state index in [2.05, 4.69) is 10.1 Å². The largest absolute Gasteiger partial charge is 0.496 e. The molecule has 136 valence electrons. The zero-order chi connectivity index (χ0) is 18.5. The molecule has 0 spiro atoms. The summed E-state index contributed by atoms with van der Waals surface area (Å²) >= 11 is 1.48. The minimum atomic E-state index is 0.588. The van der Waals surface area contributed by atoms with Crippen LogP contribution in [0.3, 0.4) is 0 Å². The fourth-order valence-electron chi connectivity index (χ4n) is 2.43. The van der Waals surface area contributed by atoms with E-state index < -0.39 is 0 Å². The van der Waals surface area contributed by atoms with Gasteiger partial charge in [-0.3, -0.25) is 4.99 Å². The molecule has 2 heterocycles. The summed E-state index contributed by atoms with van der Waals surface area (Å²) in [5, 5.41) is 6.52. The summed E-state index contributed by atoms with van der Waals surface area (Å²) in [6.07, 6.45) is 3.32. The van der Waals surface area contributed by atoms with Gasteiger partial charge in [-0.05, 0) is 18.2 Å². The Bertz CT molecular complexity index is 971. The Hall–Kier alpha value is -3.00. The van der Waals surface area contributed by atoms with Crippen LogP contribution < -0.4 is 19.0 Å². The number of hydrogen-bond acceptors (Lipinski definition) is 7. The molecule has 0 aliphatic rings. The van der Waals surface area contributed by atoms with Crippen molar-refractivity contribution >= 4 is 17.6 Å². The molecule has 0 fully saturated rings. The molecule has 0 saturated carbocycles. The average molecular weight is 373 g/mol.